The molecule has 0 atom stereocenters. The van der Waals surface area contributed by atoms with Crippen LogP contribution in [-0.4, -0.2) is 48.9 Å². The van der Waals surface area contributed by atoms with Crippen molar-refractivity contribution >= 4 is 40.0 Å². The number of rotatable bonds is 8. The molecule has 8 nitrogen and oxygen atoms in total. The van der Waals surface area contributed by atoms with Crippen LogP contribution in [0.5, 0.6) is 5.75 Å². The summed E-state index contributed by atoms with van der Waals surface area (Å²) in [5.74, 6) is -1.12. The lowest BCUT2D eigenvalue weighted by atomic mass is 10.0. The average Bonchev–Trinajstić information content (AvgIpc) is 3.31. The molecule has 1 aliphatic heterocycles. The molecule has 0 saturated carbocycles. The van der Waals surface area contributed by atoms with Gasteiger partial charge in [0, 0.05) is 23.4 Å². The highest BCUT2D eigenvalue weighted by molar-refractivity contribution is 7.17. The minimum atomic E-state index is -0.575. The van der Waals surface area contributed by atoms with Gasteiger partial charge in [-0.3, -0.25) is 19.3 Å². The van der Waals surface area contributed by atoms with Crippen molar-refractivity contribution in [1.29, 1.82) is 0 Å². The normalized spacial score (nSPS) is 12.5. The van der Waals surface area contributed by atoms with Crippen molar-refractivity contribution in [2.45, 2.75) is 20.3 Å². The average molecular weight is 493 g/mol. The molecule has 35 heavy (non-hydrogen) atoms. The molecule has 0 radical (unpaired) electrons. The quantitative estimate of drug-likeness (QED) is 0.366. The first-order valence-corrected chi connectivity index (χ1v) is 11.9. The van der Waals surface area contributed by atoms with E-state index in [1.165, 1.54) is 18.4 Å². The van der Waals surface area contributed by atoms with Gasteiger partial charge < -0.3 is 14.8 Å². The van der Waals surface area contributed by atoms with Gasteiger partial charge >= 0.3 is 5.97 Å². The van der Waals surface area contributed by atoms with Crippen molar-refractivity contribution in [3.63, 3.8) is 0 Å². The Morgan fingerprint density at radius 1 is 1.00 bits per heavy atom. The largest absolute Gasteiger partial charge is 0.494 e. The van der Waals surface area contributed by atoms with Gasteiger partial charge in [0.1, 0.15) is 16.3 Å². The third-order valence-corrected chi connectivity index (χ3v) is 6.64. The van der Waals surface area contributed by atoms with Gasteiger partial charge in [-0.1, -0.05) is 24.3 Å². The monoisotopic (exact) mass is 492 g/mol. The van der Waals surface area contributed by atoms with Crippen LogP contribution in [0.1, 0.15) is 49.3 Å². The molecule has 3 aromatic rings. The van der Waals surface area contributed by atoms with Crippen LogP contribution in [-0.2, 0) is 9.53 Å². The van der Waals surface area contributed by atoms with E-state index < -0.39 is 23.7 Å². The van der Waals surface area contributed by atoms with Crippen LogP contribution in [0.2, 0.25) is 0 Å². The van der Waals surface area contributed by atoms with E-state index in [-0.39, 0.29) is 18.5 Å². The summed E-state index contributed by atoms with van der Waals surface area (Å²) in [6.07, 6.45) is -0.110. The summed E-state index contributed by atoms with van der Waals surface area (Å²) in [6.45, 7) is 4.23. The number of thiophene rings is 1. The molecule has 1 aromatic heterocycles. The van der Waals surface area contributed by atoms with Gasteiger partial charge in [-0.25, -0.2) is 4.79 Å². The molecule has 0 saturated heterocycles. The summed E-state index contributed by atoms with van der Waals surface area (Å²) >= 11 is 1.26. The molecule has 2 aromatic carbocycles. The Kier molecular flexibility index (Phi) is 6.97. The number of carbonyl (C=O) groups is 4. The number of methoxy groups -OCH3 is 1. The summed E-state index contributed by atoms with van der Waals surface area (Å²) < 4.78 is 10.5. The summed E-state index contributed by atoms with van der Waals surface area (Å²) in [7, 11) is 1.28. The van der Waals surface area contributed by atoms with Crippen molar-refractivity contribution in [3.8, 4) is 16.9 Å². The number of carbonyl (C=O) groups excluding carboxylic acids is 4. The Balaban J connectivity index is 1.52. The maximum atomic E-state index is 12.8. The third-order valence-electron chi connectivity index (χ3n) is 5.62. The zero-order valence-corrected chi connectivity index (χ0v) is 20.4. The highest BCUT2D eigenvalue weighted by atomic mass is 32.1. The van der Waals surface area contributed by atoms with Gasteiger partial charge in [-0.05, 0) is 43.7 Å². The first-order valence-electron chi connectivity index (χ1n) is 11.1. The molecule has 0 fully saturated rings. The van der Waals surface area contributed by atoms with Crippen molar-refractivity contribution in [2.24, 2.45) is 0 Å². The summed E-state index contributed by atoms with van der Waals surface area (Å²) in [5.41, 5.74) is 2.38. The predicted octanol–water partition coefficient (Wildman–Crippen LogP) is 4.53. The summed E-state index contributed by atoms with van der Waals surface area (Å²) in [5, 5.41) is 3.12. The number of ether oxygens (including phenoxy) is 2. The van der Waals surface area contributed by atoms with Gasteiger partial charge in [0.05, 0.1) is 24.8 Å². The third kappa shape index (κ3) is 4.67. The fourth-order valence-electron chi connectivity index (χ4n) is 4.01. The van der Waals surface area contributed by atoms with Crippen LogP contribution in [0, 0.1) is 6.92 Å². The summed E-state index contributed by atoms with van der Waals surface area (Å²) in [4.78, 5) is 52.4. The molecule has 180 valence electrons. The highest BCUT2D eigenvalue weighted by Crippen LogP contribution is 2.41. The standard InChI is InChI=1S/C26H24N2O6S/c1-4-34-17-11-9-16(10-12-17)21-15(2)35-23(22(21)26(32)33-3)27-20(29)13-14-28-24(30)18-7-5-6-8-19(18)25(28)31/h5-12H,4,13-14H2,1-3H3,(H,27,29). The molecule has 2 heterocycles. The number of nitrogens with one attached hydrogen (secondary N) is 1. The van der Waals surface area contributed by atoms with Crippen molar-refractivity contribution in [1.82, 2.24) is 4.90 Å². The van der Waals surface area contributed by atoms with E-state index >= 15 is 0 Å². The minimum absolute atomic E-state index is 0.0676. The van der Waals surface area contributed by atoms with Gasteiger partial charge in [0.15, 0.2) is 0 Å². The Morgan fingerprint density at radius 3 is 2.20 bits per heavy atom. The second-order valence-corrected chi connectivity index (χ2v) is 9.02. The Hall–Kier alpha value is -3.98. The number of hydrogen-bond donors (Lipinski definition) is 1. The van der Waals surface area contributed by atoms with Crippen LogP contribution >= 0.6 is 11.3 Å². The molecule has 1 aliphatic rings. The first kappa shape index (κ1) is 24.2. The topological polar surface area (TPSA) is 102 Å². The number of aryl methyl sites for hydroxylation is 1. The van der Waals surface area contributed by atoms with E-state index in [0.717, 1.165) is 15.3 Å². The molecule has 0 aliphatic carbocycles. The van der Waals surface area contributed by atoms with E-state index in [1.807, 2.05) is 38.1 Å². The fourth-order valence-corrected chi connectivity index (χ4v) is 5.09. The highest BCUT2D eigenvalue weighted by Gasteiger charge is 2.35. The number of nitrogens with zero attached hydrogens (tertiary/aromatic N) is 1. The van der Waals surface area contributed by atoms with Crippen LogP contribution in [0.4, 0.5) is 5.00 Å². The van der Waals surface area contributed by atoms with Crippen LogP contribution in [0.15, 0.2) is 48.5 Å². The molecule has 9 heteroatoms. The zero-order chi connectivity index (χ0) is 25.1. The minimum Gasteiger partial charge on any atom is -0.494 e. The van der Waals surface area contributed by atoms with Gasteiger partial charge in [0.2, 0.25) is 5.91 Å². The first-order chi connectivity index (χ1) is 16.8. The smallest absolute Gasteiger partial charge is 0.341 e. The molecule has 0 unspecified atom stereocenters. The number of esters is 1. The molecule has 0 bridgehead atoms. The van der Waals surface area contributed by atoms with Crippen molar-refractivity contribution in [2.75, 3.05) is 25.6 Å². The number of imide groups is 1. The van der Waals surface area contributed by atoms with Crippen LogP contribution in [0.25, 0.3) is 11.1 Å². The second-order valence-electron chi connectivity index (χ2n) is 7.79. The van der Waals surface area contributed by atoms with E-state index in [2.05, 4.69) is 5.32 Å². The Morgan fingerprint density at radius 2 is 1.63 bits per heavy atom. The number of amides is 3. The molecule has 1 N–H and O–H groups in total. The van der Waals surface area contributed by atoms with E-state index in [4.69, 9.17) is 9.47 Å². The lowest BCUT2D eigenvalue weighted by molar-refractivity contribution is -0.116. The van der Waals surface area contributed by atoms with E-state index in [1.54, 1.807) is 24.3 Å². The Labute approximate surface area is 206 Å². The molecule has 3 amide bonds. The fraction of sp³-hybridized carbons (Fsp3) is 0.231. The molecule has 4 rings (SSSR count). The van der Waals surface area contributed by atoms with Gasteiger partial charge in [-0.2, -0.15) is 0 Å². The Bertz CT molecular complexity index is 1280. The second kappa shape index (κ2) is 10.1. The van der Waals surface area contributed by atoms with E-state index in [0.29, 0.717) is 34.0 Å². The molecule has 0 spiro atoms. The lowest BCUT2D eigenvalue weighted by Crippen LogP contribution is -2.32. The molecular weight excluding hydrogens is 468 g/mol. The number of anilines is 1. The SMILES string of the molecule is CCOc1ccc(-c2c(C)sc(NC(=O)CCN3C(=O)c4ccccc4C3=O)c2C(=O)OC)cc1. The summed E-state index contributed by atoms with van der Waals surface area (Å²) in [6, 6.07) is 13.9. The number of benzene rings is 2. The maximum Gasteiger partial charge on any atom is 0.341 e. The molecular formula is C26H24N2O6S. The van der Waals surface area contributed by atoms with Gasteiger partial charge in [0.25, 0.3) is 11.8 Å². The van der Waals surface area contributed by atoms with E-state index in [9.17, 15) is 19.2 Å². The zero-order valence-electron chi connectivity index (χ0n) is 19.5. The predicted molar refractivity (Wildman–Crippen MR) is 132 cm³/mol. The number of fused-ring (bicyclic) bond motifs is 1. The number of hydrogen-bond acceptors (Lipinski definition) is 7. The van der Waals surface area contributed by atoms with Gasteiger partial charge in [-0.15, -0.1) is 11.3 Å². The lowest BCUT2D eigenvalue weighted by Gasteiger charge is -2.13. The van der Waals surface area contributed by atoms with Crippen LogP contribution in [0.3, 0.4) is 0 Å². The van der Waals surface area contributed by atoms with Crippen LogP contribution < -0.4 is 10.1 Å². The van der Waals surface area contributed by atoms with Crippen molar-refractivity contribution < 1.29 is 28.7 Å². The maximum absolute atomic E-state index is 12.8. The van der Waals surface area contributed by atoms with Crippen molar-refractivity contribution in [3.05, 3.63) is 70.1 Å².